The minimum atomic E-state index is -0.146. The van der Waals surface area contributed by atoms with E-state index in [2.05, 4.69) is 10.4 Å². The van der Waals surface area contributed by atoms with Gasteiger partial charge in [0.15, 0.2) is 0 Å². The molecule has 3 rings (SSSR count). The van der Waals surface area contributed by atoms with Crippen molar-refractivity contribution in [2.45, 2.75) is 33.4 Å². The second-order valence-corrected chi connectivity index (χ2v) is 6.89. The Balaban J connectivity index is 1.85. The summed E-state index contributed by atoms with van der Waals surface area (Å²) in [5.74, 6) is -0.146. The lowest BCUT2D eigenvalue weighted by molar-refractivity contribution is 0.0944. The summed E-state index contributed by atoms with van der Waals surface area (Å²) in [6.07, 6.45) is 1.98. The summed E-state index contributed by atoms with van der Waals surface area (Å²) >= 11 is 7.79. The van der Waals surface area contributed by atoms with Crippen molar-refractivity contribution in [2.75, 3.05) is 0 Å². The lowest BCUT2D eigenvalue weighted by Crippen LogP contribution is -2.26. The number of aromatic nitrogens is 2. The number of nitrogens with zero attached hydrogens (tertiary/aromatic N) is 2. The predicted octanol–water partition coefficient (Wildman–Crippen LogP) is 4.57. The first-order valence-corrected chi connectivity index (χ1v) is 8.72. The third-order valence-corrected chi connectivity index (χ3v) is 5.54. The Hall–Kier alpha value is -1.85. The van der Waals surface area contributed by atoms with E-state index in [1.165, 1.54) is 11.3 Å². The van der Waals surface area contributed by atoms with Gasteiger partial charge in [-0.2, -0.15) is 5.10 Å². The van der Waals surface area contributed by atoms with Gasteiger partial charge in [-0.1, -0.05) is 29.8 Å². The van der Waals surface area contributed by atoms with Gasteiger partial charge < -0.3 is 5.32 Å². The molecule has 0 spiro atoms. The highest BCUT2D eigenvalue weighted by atomic mass is 35.5. The molecule has 0 aliphatic rings. The Morgan fingerprint density at radius 2 is 2.17 bits per heavy atom. The van der Waals surface area contributed by atoms with Crippen LogP contribution >= 0.6 is 22.9 Å². The summed E-state index contributed by atoms with van der Waals surface area (Å²) in [6.45, 7) is 6.76. The second-order valence-electron chi connectivity index (χ2n) is 5.46. The van der Waals surface area contributed by atoms with E-state index >= 15 is 0 Å². The van der Waals surface area contributed by atoms with Gasteiger partial charge in [0.1, 0.15) is 4.88 Å². The molecule has 23 heavy (non-hydrogen) atoms. The molecule has 0 radical (unpaired) electrons. The monoisotopic (exact) mass is 347 g/mol. The number of aryl methyl sites for hydroxylation is 2. The predicted molar refractivity (Wildman–Crippen MR) is 95.4 cm³/mol. The Bertz CT molecular complexity index is 868. The van der Waals surface area contributed by atoms with Crippen molar-refractivity contribution >= 4 is 38.9 Å². The van der Waals surface area contributed by atoms with Crippen molar-refractivity contribution in [2.24, 2.45) is 0 Å². The number of hydrogen-bond donors (Lipinski definition) is 1. The molecule has 0 aliphatic carbocycles. The van der Waals surface area contributed by atoms with Crippen molar-refractivity contribution in [3.05, 3.63) is 51.6 Å². The van der Waals surface area contributed by atoms with Crippen LogP contribution in [0.3, 0.4) is 0 Å². The van der Waals surface area contributed by atoms with Crippen LogP contribution in [0.2, 0.25) is 5.02 Å². The minimum Gasteiger partial charge on any atom is -0.345 e. The summed E-state index contributed by atoms with van der Waals surface area (Å²) in [4.78, 5) is 13.1. The Morgan fingerprint density at radius 3 is 2.83 bits per heavy atom. The molecule has 1 amide bonds. The smallest absolute Gasteiger partial charge is 0.263 e. The minimum absolute atomic E-state index is 0.121. The van der Waals surface area contributed by atoms with E-state index in [0.717, 1.165) is 27.9 Å². The normalized spacial score (nSPS) is 12.5. The molecule has 0 saturated carbocycles. The third-order valence-electron chi connectivity index (χ3n) is 3.86. The van der Waals surface area contributed by atoms with E-state index in [1.54, 1.807) is 0 Å². The Morgan fingerprint density at radius 1 is 1.43 bits per heavy atom. The van der Waals surface area contributed by atoms with E-state index in [9.17, 15) is 4.79 Å². The average molecular weight is 348 g/mol. The van der Waals surface area contributed by atoms with Crippen molar-refractivity contribution < 1.29 is 4.79 Å². The molecule has 3 aromatic rings. The second kappa shape index (κ2) is 6.34. The van der Waals surface area contributed by atoms with Crippen LogP contribution in [-0.4, -0.2) is 15.7 Å². The maximum Gasteiger partial charge on any atom is 0.263 e. The van der Waals surface area contributed by atoms with Gasteiger partial charge in [0.25, 0.3) is 5.91 Å². The van der Waals surface area contributed by atoms with E-state index in [-0.39, 0.29) is 11.9 Å². The van der Waals surface area contributed by atoms with Crippen molar-refractivity contribution in [1.29, 1.82) is 0 Å². The topological polar surface area (TPSA) is 46.9 Å². The first-order chi connectivity index (χ1) is 11.0. The molecule has 1 atom stereocenters. The van der Waals surface area contributed by atoms with Crippen LogP contribution in [-0.2, 0) is 6.54 Å². The molecule has 6 heteroatoms. The molecule has 4 nitrogen and oxygen atoms in total. The first kappa shape index (κ1) is 16.0. The quantitative estimate of drug-likeness (QED) is 0.751. The lowest BCUT2D eigenvalue weighted by Gasteiger charge is -2.12. The van der Waals surface area contributed by atoms with Crippen LogP contribution < -0.4 is 5.32 Å². The van der Waals surface area contributed by atoms with Gasteiger partial charge >= 0.3 is 0 Å². The molecule has 0 fully saturated rings. The number of amides is 1. The zero-order chi connectivity index (χ0) is 16.6. The molecule has 0 aliphatic heterocycles. The number of thiophene rings is 1. The standard InChI is InChI=1S/C17H18ClN3OS/c1-4-21-9-13(11(3)20-21)10(2)19-17(22)16-15(18)12-7-5-6-8-14(12)23-16/h5-10H,4H2,1-3H3,(H,19,22). The summed E-state index contributed by atoms with van der Waals surface area (Å²) in [5, 5.41) is 8.90. The average Bonchev–Trinajstić information content (AvgIpc) is 3.08. The zero-order valence-electron chi connectivity index (χ0n) is 13.3. The Kier molecular flexibility index (Phi) is 4.41. The zero-order valence-corrected chi connectivity index (χ0v) is 14.8. The van der Waals surface area contributed by atoms with Crippen LogP contribution in [0.15, 0.2) is 30.5 Å². The molecule has 0 bridgehead atoms. The fraction of sp³-hybridized carbons (Fsp3) is 0.294. The van der Waals surface area contributed by atoms with Crippen LogP contribution in [0.5, 0.6) is 0 Å². The van der Waals surface area contributed by atoms with Crippen molar-refractivity contribution in [1.82, 2.24) is 15.1 Å². The number of fused-ring (bicyclic) bond motifs is 1. The van der Waals surface area contributed by atoms with Crippen LogP contribution in [0, 0.1) is 6.92 Å². The number of benzene rings is 1. The number of carbonyl (C=O) groups excluding carboxylic acids is 1. The molecule has 1 aromatic carbocycles. The van der Waals surface area contributed by atoms with Gasteiger partial charge in [0.2, 0.25) is 0 Å². The highest BCUT2D eigenvalue weighted by molar-refractivity contribution is 7.21. The van der Waals surface area contributed by atoms with Gasteiger partial charge in [0, 0.05) is 28.4 Å². The van der Waals surface area contributed by atoms with Gasteiger partial charge in [-0.3, -0.25) is 9.48 Å². The van der Waals surface area contributed by atoms with E-state index < -0.39 is 0 Å². The molecule has 2 heterocycles. The number of hydrogen-bond acceptors (Lipinski definition) is 3. The molecule has 1 unspecified atom stereocenters. The fourth-order valence-corrected chi connectivity index (χ4v) is 4.04. The molecule has 1 N–H and O–H groups in total. The molecule has 0 saturated heterocycles. The Labute approximate surface area is 144 Å². The van der Waals surface area contributed by atoms with E-state index in [1.807, 2.05) is 55.9 Å². The number of carbonyl (C=O) groups is 1. The van der Waals surface area contributed by atoms with Crippen LogP contribution in [0.25, 0.3) is 10.1 Å². The van der Waals surface area contributed by atoms with Gasteiger partial charge in [-0.05, 0) is 26.8 Å². The maximum absolute atomic E-state index is 12.6. The molecule has 120 valence electrons. The summed E-state index contributed by atoms with van der Waals surface area (Å²) in [6, 6.07) is 7.66. The number of halogens is 1. The third kappa shape index (κ3) is 2.99. The largest absolute Gasteiger partial charge is 0.345 e. The summed E-state index contributed by atoms with van der Waals surface area (Å²) < 4.78 is 2.89. The molecular formula is C17H18ClN3OS. The lowest BCUT2D eigenvalue weighted by atomic mass is 10.1. The van der Waals surface area contributed by atoms with Crippen molar-refractivity contribution in [3.8, 4) is 0 Å². The summed E-state index contributed by atoms with van der Waals surface area (Å²) in [5.41, 5.74) is 1.96. The SMILES string of the molecule is CCn1cc(C(C)NC(=O)c2sc3ccccc3c2Cl)c(C)n1. The highest BCUT2D eigenvalue weighted by Gasteiger charge is 2.20. The summed E-state index contributed by atoms with van der Waals surface area (Å²) in [7, 11) is 0. The van der Waals surface area contributed by atoms with Crippen LogP contribution in [0.1, 0.15) is 40.8 Å². The highest BCUT2D eigenvalue weighted by Crippen LogP contribution is 2.35. The van der Waals surface area contributed by atoms with Gasteiger partial charge in [-0.25, -0.2) is 0 Å². The molecule has 2 aromatic heterocycles. The molecular weight excluding hydrogens is 330 g/mol. The van der Waals surface area contributed by atoms with Crippen molar-refractivity contribution in [3.63, 3.8) is 0 Å². The van der Waals surface area contributed by atoms with E-state index in [0.29, 0.717) is 9.90 Å². The van der Waals surface area contributed by atoms with E-state index in [4.69, 9.17) is 11.6 Å². The maximum atomic E-state index is 12.6. The fourth-order valence-electron chi connectivity index (χ4n) is 2.62. The van der Waals surface area contributed by atoms with Crippen LogP contribution in [0.4, 0.5) is 0 Å². The number of rotatable bonds is 4. The number of nitrogens with one attached hydrogen (secondary N) is 1. The van der Waals surface area contributed by atoms with Gasteiger partial charge in [0.05, 0.1) is 16.8 Å². The van der Waals surface area contributed by atoms with Gasteiger partial charge in [-0.15, -0.1) is 11.3 Å². The first-order valence-electron chi connectivity index (χ1n) is 7.53.